The zero-order valence-corrected chi connectivity index (χ0v) is 10.5. The first kappa shape index (κ1) is 14.1. The van der Waals surface area contributed by atoms with Crippen LogP contribution in [-0.2, 0) is 11.3 Å². The molecule has 18 heavy (non-hydrogen) atoms. The third kappa shape index (κ3) is 4.12. The number of carbonyl (C=O) groups excluding carboxylic acids is 1. The highest BCUT2D eigenvalue weighted by Crippen LogP contribution is 2.05. The quantitative estimate of drug-likeness (QED) is 0.809. The van der Waals surface area contributed by atoms with Gasteiger partial charge in [0.1, 0.15) is 11.8 Å². The van der Waals surface area contributed by atoms with Crippen molar-refractivity contribution in [3.05, 3.63) is 24.2 Å². The van der Waals surface area contributed by atoms with E-state index in [4.69, 9.17) is 9.52 Å². The van der Waals surface area contributed by atoms with Gasteiger partial charge in [-0.05, 0) is 18.6 Å². The monoisotopic (exact) mass is 254 g/mol. The number of hydrogen-bond acceptors (Lipinski definition) is 3. The third-order valence-corrected chi connectivity index (χ3v) is 2.49. The van der Waals surface area contributed by atoms with Crippen LogP contribution in [0.25, 0.3) is 0 Å². The van der Waals surface area contributed by atoms with Crippen LogP contribution < -0.4 is 5.32 Å². The van der Waals surface area contributed by atoms with Crippen LogP contribution in [0.3, 0.4) is 0 Å². The molecule has 0 radical (unpaired) electrons. The first-order valence-corrected chi connectivity index (χ1v) is 5.81. The summed E-state index contributed by atoms with van der Waals surface area (Å²) in [6.07, 6.45) is 2.63. The number of rotatable bonds is 6. The van der Waals surface area contributed by atoms with E-state index in [1.54, 1.807) is 19.2 Å². The normalized spacial score (nSPS) is 11.9. The second kappa shape index (κ2) is 6.68. The molecule has 6 nitrogen and oxygen atoms in total. The highest BCUT2D eigenvalue weighted by Gasteiger charge is 2.21. The molecule has 0 aromatic carbocycles. The Balaban J connectivity index is 2.50. The van der Waals surface area contributed by atoms with Crippen LogP contribution in [0.5, 0.6) is 0 Å². The van der Waals surface area contributed by atoms with E-state index in [-0.39, 0.29) is 0 Å². The molecule has 1 aromatic rings. The van der Waals surface area contributed by atoms with Crippen molar-refractivity contribution in [1.82, 2.24) is 10.2 Å². The minimum Gasteiger partial charge on any atom is -0.480 e. The van der Waals surface area contributed by atoms with Gasteiger partial charge < -0.3 is 19.7 Å². The Hall–Kier alpha value is -1.98. The number of urea groups is 1. The van der Waals surface area contributed by atoms with Gasteiger partial charge in [0.05, 0.1) is 12.8 Å². The number of aliphatic carboxylic acids is 1. The summed E-state index contributed by atoms with van der Waals surface area (Å²) in [5, 5.41) is 11.4. The standard InChI is InChI=1S/C12H18N2O4/c1-3-5-10(11(15)16)13-12(17)14(2)8-9-6-4-7-18-9/h4,6-7,10H,3,5,8H2,1-2H3,(H,13,17)(H,15,16)/t10-/m1/s1. The van der Waals surface area contributed by atoms with Gasteiger partial charge in [-0.25, -0.2) is 9.59 Å². The molecular formula is C12H18N2O4. The number of hydrogen-bond donors (Lipinski definition) is 2. The minimum atomic E-state index is -1.02. The zero-order chi connectivity index (χ0) is 13.5. The predicted octanol–water partition coefficient (Wildman–Crippen LogP) is 1.67. The highest BCUT2D eigenvalue weighted by atomic mass is 16.4. The Morgan fingerprint density at radius 3 is 2.78 bits per heavy atom. The number of carboxylic acids is 1. The van der Waals surface area contributed by atoms with E-state index < -0.39 is 18.0 Å². The third-order valence-electron chi connectivity index (χ3n) is 2.49. The summed E-state index contributed by atoms with van der Waals surface area (Å²) >= 11 is 0. The minimum absolute atomic E-state index is 0.303. The van der Waals surface area contributed by atoms with Gasteiger partial charge in [-0.1, -0.05) is 13.3 Å². The second-order valence-electron chi connectivity index (χ2n) is 4.06. The molecule has 1 aromatic heterocycles. The highest BCUT2D eigenvalue weighted by molar-refractivity contribution is 5.82. The average Bonchev–Trinajstić information content (AvgIpc) is 2.80. The van der Waals surface area contributed by atoms with Gasteiger partial charge >= 0.3 is 12.0 Å². The maximum absolute atomic E-state index is 11.8. The lowest BCUT2D eigenvalue weighted by Gasteiger charge is -2.20. The molecule has 0 fully saturated rings. The van der Waals surface area contributed by atoms with Crippen molar-refractivity contribution >= 4 is 12.0 Å². The van der Waals surface area contributed by atoms with Crippen molar-refractivity contribution in [2.45, 2.75) is 32.4 Å². The summed E-state index contributed by atoms with van der Waals surface area (Å²) in [5.74, 6) is -0.369. The summed E-state index contributed by atoms with van der Waals surface area (Å²) in [7, 11) is 1.59. The number of carbonyl (C=O) groups is 2. The molecular weight excluding hydrogens is 236 g/mol. The van der Waals surface area contributed by atoms with Crippen LogP contribution in [0.1, 0.15) is 25.5 Å². The number of furan rings is 1. The smallest absolute Gasteiger partial charge is 0.326 e. The second-order valence-corrected chi connectivity index (χ2v) is 4.06. The Morgan fingerprint density at radius 2 is 2.28 bits per heavy atom. The van der Waals surface area contributed by atoms with Gasteiger partial charge in [0.15, 0.2) is 0 Å². The molecule has 0 spiro atoms. The van der Waals surface area contributed by atoms with E-state index in [1.807, 2.05) is 6.92 Å². The fourth-order valence-electron chi connectivity index (χ4n) is 1.51. The molecule has 0 bridgehead atoms. The molecule has 0 aliphatic heterocycles. The van der Waals surface area contributed by atoms with Crippen LogP contribution in [0.4, 0.5) is 4.79 Å². The SMILES string of the molecule is CCC[C@@H](NC(=O)N(C)Cc1ccco1)C(=O)O. The van der Waals surface area contributed by atoms with Gasteiger partial charge in [0, 0.05) is 7.05 Å². The van der Waals surface area contributed by atoms with Crippen molar-refractivity contribution in [3.63, 3.8) is 0 Å². The maximum Gasteiger partial charge on any atom is 0.326 e. The number of carboxylic acid groups (broad SMARTS) is 1. The topological polar surface area (TPSA) is 82.8 Å². The molecule has 1 rings (SSSR count). The van der Waals surface area contributed by atoms with Crippen LogP contribution in [0, 0.1) is 0 Å². The lowest BCUT2D eigenvalue weighted by atomic mass is 10.2. The predicted molar refractivity (Wildman–Crippen MR) is 65.0 cm³/mol. The average molecular weight is 254 g/mol. The lowest BCUT2D eigenvalue weighted by Crippen LogP contribution is -2.46. The van der Waals surface area contributed by atoms with E-state index in [0.717, 1.165) is 0 Å². The molecule has 2 N–H and O–H groups in total. The van der Waals surface area contributed by atoms with Gasteiger partial charge in [-0.3, -0.25) is 0 Å². The summed E-state index contributed by atoms with van der Waals surface area (Å²) < 4.78 is 5.12. The van der Waals surface area contributed by atoms with Gasteiger partial charge in [0.25, 0.3) is 0 Å². The Bertz CT molecular complexity index is 389. The van der Waals surface area contributed by atoms with Crippen LogP contribution in [-0.4, -0.2) is 35.1 Å². The maximum atomic E-state index is 11.8. The number of nitrogens with zero attached hydrogens (tertiary/aromatic N) is 1. The summed E-state index contributed by atoms with van der Waals surface area (Å²) in [4.78, 5) is 24.1. The van der Waals surface area contributed by atoms with Crippen molar-refractivity contribution < 1.29 is 19.1 Å². The van der Waals surface area contributed by atoms with E-state index in [1.165, 1.54) is 11.2 Å². The summed E-state index contributed by atoms with van der Waals surface area (Å²) in [5.41, 5.74) is 0. The lowest BCUT2D eigenvalue weighted by molar-refractivity contribution is -0.139. The number of nitrogens with one attached hydrogen (secondary N) is 1. The van der Waals surface area contributed by atoms with Crippen LogP contribution in [0.2, 0.25) is 0 Å². The molecule has 0 aliphatic carbocycles. The molecule has 0 unspecified atom stereocenters. The van der Waals surface area contributed by atoms with E-state index in [2.05, 4.69) is 5.32 Å². The molecule has 0 saturated carbocycles. The number of amides is 2. The van der Waals surface area contributed by atoms with Crippen molar-refractivity contribution in [2.24, 2.45) is 0 Å². The molecule has 2 amide bonds. The summed E-state index contributed by atoms with van der Waals surface area (Å²) in [6, 6.07) is 2.22. The van der Waals surface area contributed by atoms with Crippen LogP contribution >= 0.6 is 0 Å². The first-order chi connectivity index (χ1) is 8.54. The molecule has 1 atom stereocenters. The van der Waals surface area contributed by atoms with E-state index >= 15 is 0 Å². The molecule has 0 saturated heterocycles. The summed E-state index contributed by atoms with van der Waals surface area (Å²) in [6.45, 7) is 2.17. The Labute approximate surface area is 106 Å². The van der Waals surface area contributed by atoms with Gasteiger partial charge in [-0.2, -0.15) is 0 Å². The van der Waals surface area contributed by atoms with E-state index in [9.17, 15) is 9.59 Å². The first-order valence-electron chi connectivity index (χ1n) is 5.81. The van der Waals surface area contributed by atoms with Gasteiger partial charge in [0.2, 0.25) is 0 Å². The Morgan fingerprint density at radius 1 is 1.56 bits per heavy atom. The molecule has 0 aliphatic rings. The molecule has 1 heterocycles. The zero-order valence-electron chi connectivity index (χ0n) is 10.5. The van der Waals surface area contributed by atoms with Crippen molar-refractivity contribution in [1.29, 1.82) is 0 Å². The molecule has 6 heteroatoms. The van der Waals surface area contributed by atoms with Gasteiger partial charge in [-0.15, -0.1) is 0 Å². The van der Waals surface area contributed by atoms with E-state index in [0.29, 0.717) is 25.1 Å². The van der Waals surface area contributed by atoms with Crippen LogP contribution in [0.15, 0.2) is 22.8 Å². The fraction of sp³-hybridized carbons (Fsp3) is 0.500. The molecule has 100 valence electrons. The largest absolute Gasteiger partial charge is 0.480 e. The Kier molecular flexibility index (Phi) is 5.23. The van der Waals surface area contributed by atoms with Crippen molar-refractivity contribution in [3.8, 4) is 0 Å². The van der Waals surface area contributed by atoms with Crippen molar-refractivity contribution in [2.75, 3.05) is 7.05 Å². The fourth-order valence-corrected chi connectivity index (χ4v) is 1.51.